The van der Waals surface area contributed by atoms with Crippen molar-refractivity contribution in [2.75, 3.05) is 17.6 Å². The smallest absolute Gasteiger partial charge is 0.142 e. The minimum Gasteiger partial charge on any atom is -0.383 e. The molecule has 80 valence electrons. The fourth-order valence-electron chi connectivity index (χ4n) is 1.15. The van der Waals surface area contributed by atoms with Crippen LogP contribution in [0.5, 0.6) is 0 Å². The molecule has 6 nitrogen and oxygen atoms in total. The van der Waals surface area contributed by atoms with Gasteiger partial charge in [0.25, 0.3) is 0 Å². The fraction of sp³-hybridized carbons (Fsp3) is 0.375. The molecule has 2 rings (SSSR count). The second-order valence-corrected chi connectivity index (χ2v) is 3.89. The Morgan fingerprint density at radius 3 is 3.07 bits per heavy atom. The van der Waals surface area contributed by atoms with Crippen molar-refractivity contribution in [3.05, 3.63) is 18.0 Å². The van der Waals surface area contributed by atoms with Crippen LogP contribution in [0, 0.1) is 6.92 Å². The second-order valence-electron chi connectivity index (χ2n) is 3.11. The molecule has 0 aromatic carbocycles. The van der Waals surface area contributed by atoms with Crippen LogP contribution in [-0.4, -0.2) is 25.9 Å². The summed E-state index contributed by atoms with van der Waals surface area (Å²) in [5.74, 6) is 0.600. The van der Waals surface area contributed by atoms with Gasteiger partial charge in [-0.1, -0.05) is 5.21 Å². The Labute approximate surface area is 91.3 Å². The van der Waals surface area contributed by atoms with E-state index in [0.717, 1.165) is 23.7 Å². The quantitative estimate of drug-likeness (QED) is 0.800. The highest BCUT2D eigenvalue weighted by Crippen LogP contribution is 2.24. The van der Waals surface area contributed by atoms with Crippen molar-refractivity contribution in [1.82, 2.24) is 19.4 Å². The molecule has 0 unspecified atom stereocenters. The summed E-state index contributed by atoms with van der Waals surface area (Å²) in [5, 5.41) is 11.9. The van der Waals surface area contributed by atoms with Crippen LogP contribution in [0.1, 0.15) is 5.56 Å². The molecule has 0 bridgehead atoms. The van der Waals surface area contributed by atoms with E-state index in [0.29, 0.717) is 5.82 Å². The van der Waals surface area contributed by atoms with Gasteiger partial charge in [0.05, 0.1) is 12.7 Å². The third-order valence-corrected chi connectivity index (χ3v) is 2.98. The van der Waals surface area contributed by atoms with Crippen LogP contribution in [0.4, 0.5) is 10.8 Å². The van der Waals surface area contributed by atoms with E-state index in [1.165, 1.54) is 11.5 Å². The molecule has 7 heteroatoms. The fourth-order valence-corrected chi connectivity index (χ4v) is 1.88. The van der Waals surface area contributed by atoms with E-state index in [1.54, 1.807) is 10.9 Å². The van der Waals surface area contributed by atoms with Crippen LogP contribution in [0.3, 0.4) is 0 Å². The number of anilines is 2. The summed E-state index contributed by atoms with van der Waals surface area (Å²) in [6.45, 7) is 3.51. The molecule has 0 radical (unpaired) electrons. The minimum atomic E-state index is 0.600. The van der Waals surface area contributed by atoms with Gasteiger partial charge in [-0.3, -0.25) is 4.68 Å². The zero-order chi connectivity index (χ0) is 10.7. The normalized spacial score (nSPS) is 10.5. The topological polar surface area (TPSA) is 81.6 Å². The molecule has 0 amide bonds. The highest BCUT2D eigenvalue weighted by molar-refractivity contribution is 7.10. The first-order chi connectivity index (χ1) is 7.27. The molecule has 0 saturated heterocycles. The average Bonchev–Trinajstić information content (AvgIpc) is 2.83. The summed E-state index contributed by atoms with van der Waals surface area (Å²) in [6.07, 6.45) is 3.49. The molecule has 3 N–H and O–H groups in total. The number of nitrogens with two attached hydrogens (primary N) is 1. The van der Waals surface area contributed by atoms with Gasteiger partial charge in [0.2, 0.25) is 0 Å². The number of hydrogen-bond donors (Lipinski definition) is 2. The van der Waals surface area contributed by atoms with Gasteiger partial charge in [0.15, 0.2) is 0 Å². The molecule has 0 atom stereocenters. The van der Waals surface area contributed by atoms with Crippen molar-refractivity contribution >= 4 is 22.4 Å². The Morgan fingerprint density at radius 1 is 1.60 bits per heavy atom. The summed E-state index contributed by atoms with van der Waals surface area (Å²) in [7, 11) is 0. The van der Waals surface area contributed by atoms with E-state index < -0.39 is 0 Å². The monoisotopic (exact) mass is 224 g/mol. The number of nitrogens with zero attached hydrogens (tertiary/aromatic N) is 4. The maximum absolute atomic E-state index is 5.64. The molecule has 0 fully saturated rings. The molecule has 2 aromatic heterocycles. The predicted molar refractivity (Wildman–Crippen MR) is 59.8 cm³/mol. The van der Waals surface area contributed by atoms with Crippen molar-refractivity contribution in [1.29, 1.82) is 0 Å². The molecular weight excluding hydrogens is 212 g/mol. The number of nitrogens with one attached hydrogen (secondary N) is 1. The van der Waals surface area contributed by atoms with Gasteiger partial charge >= 0.3 is 0 Å². The van der Waals surface area contributed by atoms with Gasteiger partial charge in [-0.15, -0.1) is 5.10 Å². The third kappa shape index (κ3) is 2.24. The van der Waals surface area contributed by atoms with Crippen molar-refractivity contribution in [3.8, 4) is 0 Å². The molecule has 0 aliphatic rings. The van der Waals surface area contributed by atoms with Gasteiger partial charge in [0, 0.05) is 18.3 Å². The van der Waals surface area contributed by atoms with E-state index in [2.05, 4.69) is 20.0 Å². The number of aromatic nitrogens is 4. The van der Waals surface area contributed by atoms with Crippen molar-refractivity contribution in [2.24, 2.45) is 0 Å². The molecule has 15 heavy (non-hydrogen) atoms. The molecule has 0 saturated carbocycles. The predicted octanol–water partition coefficient (Wildman–Crippen LogP) is 0.737. The lowest BCUT2D eigenvalue weighted by Gasteiger charge is -2.03. The summed E-state index contributed by atoms with van der Waals surface area (Å²) in [6, 6.07) is 0. The molecule has 2 heterocycles. The van der Waals surface area contributed by atoms with E-state index in [4.69, 9.17) is 5.73 Å². The minimum absolute atomic E-state index is 0.600. The van der Waals surface area contributed by atoms with Crippen LogP contribution >= 0.6 is 11.5 Å². The van der Waals surface area contributed by atoms with Crippen molar-refractivity contribution < 1.29 is 0 Å². The lowest BCUT2D eigenvalue weighted by atomic mass is 10.3. The van der Waals surface area contributed by atoms with E-state index in [9.17, 15) is 0 Å². The van der Waals surface area contributed by atoms with E-state index in [-0.39, 0.29) is 0 Å². The SMILES string of the molecule is Cc1c(N)nsc1NCCn1ccnn1. The lowest BCUT2D eigenvalue weighted by molar-refractivity contribution is 0.609. The van der Waals surface area contributed by atoms with Crippen LogP contribution in [-0.2, 0) is 6.54 Å². The molecular formula is C8H12N6S. The third-order valence-electron chi connectivity index (χ3n) is 2.06. The maximum atomic E-state index is 5.64. The Balaban J connectivity index is 1.86. The van der Waals surface area contributed by atoms with Gasteiger partial charge in [0.1, 0.15) is 10.8 Å². The first kappa shape index (κ1) is 9.91. The van der Waals surface area contributed by atoms with Crippen LogP contribution in [0.25, 0.3) is 0 Å². The molecule has 0 aliphatic heterocycles. The first-order valence-electron chi connectivity index (χ1n) is 4.57. The Hall–Kier alpha value is -1.63. The molecule has 2 aromatic rings. The zero-order valence-corrected chi connectivity index (χ0v) is 9.16. The summed E-state index contributed by atoms with van der Waals surface area (Å²) >= 11 is 1.38. The maximum Gasteiger partial charge on any atom is 0.142 e. The largest absolute Gasteiger partial charge is 0.383 e. The van der Waals surface area contributed by atoms with Crippen LogP contribution < -0.4 is 11.1 Å². The Bertz CT molecular complexity index is 420. The van der Waals surface area contributed by atoms with E-state index in [1.807, 2.05) is 13.1 Å². The number of rotatable bonds is 4. The average molecular weight is 224 g/mol. The zero-order valence-electron chi connectivity index (χ0n) is 8.34. The Kier molecular flexibility index (Phi) is 2.82. The Morgan fingerprint density at radius 2 is 2.47 bits per heavy atom. The van der Waals surface area contributed by atoms with Crippen LogP contribution in [0.2, 0.25) is 0 Å². The second kappa shape index (κ2) is 4.26. The van der Waals surface area contributed by atoms with Gasteiger partial charge in [-0.2, -0.15) is 4.37 Å². The molecule has 0 aliphatic carbocycles. The number of nitrogen functional groups attached to an aromatic ring is 1. The number of hydrogen-bond acceptors (Lipinski definition) is 6. The van der Waals surface area contributed by atoms with Gasteiger partial charge in [-0.05, 0) is 18.5 Å². The highest BCUT2D eigenvalue weighted by atomic mass is 32.1. The van der Waals surface area contributed by atoms with Crippen molar-refractivity contribution in [2.45, 2.75) is 13.5 Å². The standard InChI is InChI=1S/C8H12N6S/c1-6-7(9)12-15-8(6)10-2-4-14-5-3-11-13-14/h3,5,10H,2,4H2,1H3,(H2,9,12). The van der Waals surface area contributed by atoms with E-state index >= 15 is 0 Å². The van der Waals surface area contributed by atoms with Crippen molar-refractivity contribution in [3.63, 3.8) is 0 Å². The summed E-state index contributed by atoms with van der Waals surface area (Å²) in [5.41, 5.74) is 6.65. The van der Waals surface area contributed by atoms with Crippen LogP contribution in [0.15, 0.2) is 12.4 Å². The highest BCUT2D eigenvalue weighted by Gasteiger charge is 2.05. The van der Waals surface area contributed by atoms with Gasteiger partial charge < -0.3 is 11.1 Å². The lowest BCUT2D eigenvalue weighted by Crippen LogP contribution is -2.10. The molecule has 0 spiro atoms. The summed E-state index contributed by atoms with van der Waals surface area (Å²) in [4.78, 5) is 0. The first-order valence-corrected chi connectivity index (χ1v) is 5.34. The summed E-state index contributed by atoms with van der Waals surface area (Å²) < 4.78 is 5.82. The van der Waals surface area contributed by atoms with Gasteiger partial charge in [-0.25, -0.2) is 0 Å².